The average Bonchev–Trinajstić information content (AvgIpc) is 2.78. The largest absolute Gasteiger partial charge is 0.495 e. The zero-order valence-corrected chi connectivity index (χ0v) is 17.3. The van der Waals surface area contributed by atoms with Crippen molar-refractivity contribution in [1.82, 2.24) is 0 Å². The molecule has 9 heteroatoms. The maximum absolute atomic E-state index is 12.8. The van der Waals surface area contributed by atoms with E-state index >= 15 is 0 Å². The Morgan fingerprint density at radius 2 is 1.71 bits per heavy atom. The predicted octanol–water partition coefficient (Wildman–Crippen LogP) is 3.39. The summed E-state index contributed by atoms with van der Waals surface area (Å²) in [5, 5.41) is 11.6. The van der Waals surface area contributed by atoms with Crippen molar-refractivity contribution in [2.45, 2.75) is 4.90 Å². The van der Waals surface area contributed by atoms with Crippen LogP contribution in [-0.2, 0) is 14.8 Å². The number of para-hydroxylation sites is 3. The molecule has 0 atom stereocenters. The van der Waals surface area contributed by atoms with E-state index in [-0.39, 0.29) is 22.9 Å². The Hall–Kier alpha value is -4.03. The Bertz CT molecular complexity index is 1240. The number of amides is 1. The van der Waals surface area contributed by atoms with E-state index in [1.54, 1.807) is 54.6 Å². The molecular formula is C22H19N3O5S. The molecule has 3 rings (SSSR count). The second-order valence-electron chi connectivity index (χ2n) is 6.28. The third-order valence-corrected chi connectivity index (χ3v) is 5.51. The molecule has 2 N–H and O–H groups in total. The van der Waals surface area contributed by atoms with Gasteiger partial charge in [0.15, 0.2) is 6.61 Å². The first-order chi connectivity index (χ1) is 14.9. The summed E-state index contributed by atoms with van der Waals surface area (Å²) in [6, 6.07) is 21.0. The number of ether oxygens (including phenoxy) is 2. The van der Waals surface area contributed by atoms with Gasteiger partial charge in [-0.25, -0.2) is 8.42 Å². The summed E-state index contributed by atoms with van der Waals surface area (Å²) in [4.78, 5) is 12.2. The van der Waals surface area contributed by atoms with Gasteiger partial charge in [-0.1, -0.05) is 30.3 Å². The summed E-state index contributed by atoms with van der Waals surface area (Å²) in [5.41, 5.74) is 0.889. The molecule has 0 radical (unpaired) electrons. The van der Waals surface area contributed by atoms with E-state index in [9.17, 15) is 13.2 Å². The van der Waals surface area contributed by atoms with Crippen LogP contribution < -0.4 is 19.5 Å². The number of methoxy groups -OCH3 is 1. The summed E-state index contributed by atoms with van der Waals surface area (Å²) in [5.74, 6) is 0.169. The molecule has 0 spiro atoms. The van der Waals surface area contributed by atoms with Crippen LogP contribution in [0.2, 0.25) is 0 Å². The summed E-state index contributed by atoms with van der Waals surface area (Å²) < 4.78 is 38.5. The van der Waals surface area contributed by atoms with Crippen LogP contribution in [0.15, 0.2) is 77.7 Å². The maximum Gasteiger partial charge on any atom is 0.262 e. The molecule has 3 aromatic carbocycles. The van der Waals surface area contributed by atoms with Crippen molar-refractivity contribution in [2.24, 2.45) is 0 Å². The molecule has 0 heterocycles. The summed E-state index contributed by atoms with van der Waals surface area (Å²) in [7, 11) is -2.47. The van der Waals surface area contributed by atoms with E-state index in [1.165, 1.54) is 25.3 Å². The Labute approximate surface area is 180 Å². The number of nitrogens with one attached hydrogen (secondary N) is 2. The monoisotopic (exact) mass is 437 g/mol. The zero-order chi connectivity index (χ0) is 22.3. The number of hydrogen-bond donors (Lipinski definition) is 2. The number of hydrogen-bond acceptors (Lipinski definition) is 6. The smallest absolute Gasteiger partial charge is 0.262 e. The van der Waals surface area contributed by atoms with E-state index < -0.39 is 15.9 Å². The first kappa shape index (κ1) is 21.7. The molecule has 8 nitrogen and oxygen atoms in total. The molecule has 1 amide bonds. The lowest BCUT2D eigenvalue weighted by atomic mass is 10.2. The highest BCUT2D eigenvalue weighted by Crippen LogP contribution is 2.27. The van der Waals surface area contributed by atoms with Crippen LogP contribution in [0.1, 0.15) is 5.56 Å². The van der Waals surface area contributed by atoms with E-state index in [2.05, 4.69) is 10.0 Å². The predicted molar refractivity (Wildman–Crippen MR) is 116 cm³/mol. The van der Waals surface area contributed by atoms with Gasteiger partial charge in [0.25, 0.3) is 15.9 Å². The van der Waals surface area contributed by atoms with Crippen LogP contribution in [0.4, 0.5) is 11.4 Å². The second-order valence-corrected chi connectivity index (χ2v) is 7.96. The Balaban J connectivity index is 1.69. The van der Waals surface area contributed by atoms with Gasteiger partial charge in [-0.2, -0.15) is 5.26 Å². The highest BCUT2D eigenvalue weighted by atomic mass is 32.2. The zero-order valence-electron chi connectivity index (χ0n) is 16.5. The molecule has 0 aliphatic carbocycles. The molecule has 0 aromatic heterocycles. The van der Waals surface area contributed by atoms with E-state index in [4.69, 9.17) is 14.7 Å². The number of rotatable bonds is 8. The molecule has 0 saturated heterocycles. The SMILES string of the molecule is COc1ccccc1NS(=O)(=O)c1cccc(NC(=O)COc2ccccc2C#N)c1. The lowest BCUT2D eigenvalue weighted by molar-refractivity contribution is -0.118. The van der Waals surface area contributed by atoms with Crippen molar-refractivity contribution in [3.05, 3.63) is 78.4 Å². The number of anilines is 2. The molecule has 0 aliphatic rings. The van der Waals surface area contributed by atoms with E-state index in [0.29, 0.717) is 17.0 Å². The Morgan fingerprint density at radius 3 is 2.45 bits per heavy atom. The minimum atomic E-state index is -3.92. The lowest BCUT2D eigenvalue weighted by Gasteiger charge is -2.13. The fourth-order valence-corrected chi connectivity index (χ4v) is 3.81. The fourth-order valence-electron chi connectivity index (χ4n) is 2.70. The van der Waals surface area contributed by atoms with Crippen LogP contribution in [0.5, 0.6) is 11.5 Å². The number of nitrogens with zero attached hydrogens (tertiary/aromatic N) is 1. The molecule has 31 heavy (non-hydrogen) atoms. The highest BCUT2D eigenvalue weighted by molar-refractivity contribution is 7.92. The van der Waals surface area contributed by atoms with Crippen molar-refractivity contribution < 1.29 is 22.7 Å². The lowest BCUT2D eigenvalue weighted by Crippen LogP contribution is -2.21. The van der Waals surface area contributed by atoms with Gasteiger partial charge in [0.2, 0.25) is 0 Å². The summed E-state index contributed by atoms with van der Waals surface area (Å²) in [6.07, 6.45) is 0. The van der Waals surface area contributed by atoms with E-state index in [0.717, 1.165) is 0 Å². The number of carbonyl (C=O) groups is 1. The highest BCUT2D eigenvalue weighted by Gasteiger charge is 2.17. The molecular weight excluding hydrogens is 418 g/mol. The van der Waals surface area contributed by atoms with E-state index in [1.807, 2.05) is 6.07 Å². The first-order valence-corrected chi connectivity index (χ1v) is 10.6. The Morgan fingerprint density at radius 1 is 1.00 bits per heavy atom. The van der Waals surface area contributed by atoms with Crippen molar-refractivity contribution in [3.63, 3.8) is 0 Å². The fraction of sp³-hybridized carbons (Fsp3) is 0.0909. The van der Waals surface area contributed by atoms with Gasteiger partial charge in [0.1, 0.15) is 17.6 Å². The minimum absolute atomic E-state index is 0.0352. The number of nitriles is 1. The quantitative estimate of drug-likeness (QED) is 0.558. The molecule has 0 saturated carbocycles. The van der Waals surface area contributed by atoms with Gasteiger partial charge < -0.3 is 14.8 Å². The summed E-state index contributed by atoms with van der Waals surface area (Å²) >= 11 is 0. The van der Waals surface area contributed by atoms with Gasteiger partial charge in [-0.05, 0) is 42.5 Å². The van der Waals surface area contributed by atoms with Crippen LogP contribution >= 0.6 is 0 Å². The average molecular weight is 437 g/mol. The van der Waals surface area contributed by atoms with Gasteiger partial charge in [0.05, 0.1) is 23.3 Å². The standard InChI is InChI=1S/C22H19N3O5S/c1-29-21-12-5-3-10-19(21)25-31(27,28)18-9-6-8-17(13-18)24-22(26)15-30-20-11-4-2-7-16(20)14-23/h2-13,25H,15H2,1H3,(H,24,26). The number of benzene rings is 3. The third-order valence-electron chi connectivity index (χ3n) is 4.15. The topological polar surface area (TPSA) is 118 Å². The van der Waals surface area contributed by atoms with Crippen LogP contribution in [0.3, 0.4) is 0 Å². The summed E-state index contributed by atoms with van der Waals surface area (Å²) in [6.45, 7) is -0.338. The van der Waals surface area contributed by atoms with Crippen molar-refractivity contribution in [3.8, 4) is 17.6 Å². The van der Waals surface area contributed by atoms with Crippen molar-refractivity contribution in [1.29, 1.82) is 5.26 Å². The van der Waals surface area contributed by atoms with Crippen molar-refractivity contribution in [2.75, 3.05) is 23.8 Å². The van der Waals surface area contributed by atoms with Gasteiger partial charge >= 0.3 is 0 Å². The van der Waals surface area contributed by atoms with Gasteiger partial charge in [-0.15, -0.1) is 0 Å². The van der Waals surface area contributed by atoms with Crippen LogP contribution in [0, 0.1) is 11.3 Å². The number of sulfonamides is 1. The third kappa shape index (κ3) is 5.52. The maximum atomic E-state index is 12.8. The second kappa shape index (κ2) is 9.65. The molecule has 0 aliphatic heterocycles. The number of carbonyl (C=O) groups excluding carboxylic acids is 1. The molecule has 0 fully saturated rings. The van der Waals surface area contributed by atoms with Crippen LogP contribution in [-0.4, -0.2) is 28.0 Å². The first-order valence-electron chi connectivity index (χ1n) is 9.10. The van der Waals surface area contributed by atoms with Gasteiger partial charge in [0, 0.05) is 5.69 Å². The van der Waals surface area contributed by atoms with Crippen molar-refractivity contribution >= 4 is 27.3 Å². The molecule has 158 valence electrons. The van der Waals surface area contributed by atoms with Crippen LogP contribution in [0.25, 0.3) is 0 Å². The van der Waals surface area contributed by atoms with Gasteiger partial charge in [-0.3, -0.25) is 9.52 Å². The normalized spacial score (nSPS) is 10.6. The molecule has 3 aromatic rings. The molecule has 0 unspecified atom stereocenters. The molecule has 0 bridgehead atoms. The Kier molecular flexibility index (Phi) is 6.74. The minimum Gasteiger partial charge on any atom is -0.495 e.